The van der Waals surface area contributed by atoms with Gasteiger partial charge in [-0.2, -0.15) is 0 Å². The molecule has 0 spiro atoms. The van der Waals surface area contributed by atoms with Crippen molar-refractivity contribution in [1.82, 2.24) is 9.47 Å². The third-order valence-electron chi connectivity index (χ3n) is 4.70. The van der Waals surface area contributed by atoms with Gasteiger partial charge < -0.3 is 9.67 Å². The molecule has 3 heteroatoms. The summed E-state index contributed by atoms with van der Waals surface area (Å²) in [5.74, 6) is 0.132. The minimum absolute atomic E-state index is 0.132. The van der Waals surface area contributed by atoms with Gasteiger partial charge in [-0.05, 0) is 36.2 Å². The van der Waals surface area contributed by atoms with Gasteiger partial charge in [0.2, 0.25) is 0 Å². The number of nitrogens with zero attached hydrogens (tertiary/aromatic N) is 2. The van der Waals surface area contributed by atoms with E-state index in [2.05, 4.69) is 24.1 Å². The molecule has 0 fully saturated rings. The van der Waals surface area contributed by atoms with E-state index in [9.17, 15) is 5.11 Å². The van der Waals surface area contributed by atoms with Crippen molar-refractivity contribution in [2.45, 2.75) is 12.5 Å². The smallest absolute Gasteiger partial charge is 0.0506 e. The normalized spacial score (nSPS) is 28.5. The van der Waals surface area contributed by atoms with Crippen LogP contribution in [0.2, 0.25) is 0 Å². The Hall–Kier alpha value is -1.58. The Labute approximate surface area is 123 Å². The van der Waals surface area contributed by atoms with Crippen LogP contribution in [0.25, 0.3) is 16.5 Å². The van der Waals surface area contributed by atoms with E-state index in [1.807, 2.05) is 12.1 Å². The van der Waals surface area contributed by atoms with E-state index in [4.69, 9.17) is 4.11 Å². The van der Waals surface area contributed by atoms with Crippen molar-refractivity contribution in [1.29, 1.82) is 0 Å². The summed E-state index contributed by atoms with van der Waals surface area (Å²) in [5, 5.41) is 10.6. The van der Waals surface area contributed by atoms with Crippen LogP contribution >= 0.6 is 0 Å². The predicted molar refractivity (Wildman–Crippen MR) is 81.6 cm³/mol. The molecule has 0 saturated heterocycles. The van der Waals surface area contributed by atoms with E-state index >= 15 is 0 Å². The molecular formula is C17H20N2O. The Morgan fingerprint density at radius 1 is 1.45 bits per heavy atom. The van der Waals surface area contributed by atoms with Crippen molar-refractivity contribution >= 4 is 16.5 Å². The number of hydrogen-bond acceptors (Lipinski definition) is 2. The number of aryl methyl sites for hydroxylation is 1. The second kappa shape index (κ2) is 4.21. The minimum atomic E-state index is -2.17. The summed E-state index contributed by atoms with van der Waals surface area (Å²) < 4.78 is 24.7. The number of benzene rings is 1. The number of aliphatic hydroxyl groups excluding tert-OH is 1. The maximum Gasteiger partial charge on any atom is 0.0506 e. The number of fused-ring (bicyclic) bond motifs is 2. The lowest BCUT2D eigenvalue weighted by Gasteiger charge is -2.39. The molecule has 0 saturated carbocycles. The highest BCUT2D eigenvalue weighted by Crippen LogP contribution is 2.41. The van der Waals surface area contributed by atoms with E-state index in [0.29, 0.717) is 0 Å². The largest absolute Gasteiger partial charge is 0.396 e. The van der Waals surface area contributed by atoms with E-state index in [-0.39, 0.29) is 18.6 Å². The third-order valence-corrected chi connectivity index (χ3v) is 4.70. The zero-order chi connectivity index (χ0) is 16.4. The first kappa shape index (κ1) is 9.37. The van der Waals surface area contributed by atoms with Gasteiger partial charge in [-0.1, -0.05) is 18.2 Å². The van der Waals surface area contributed by atoms with Gasteiger partial charge in [-0.25, -0.2) is 0 Å². The first-order chi connectivity index (χ1) is 10.9. The summed E-state index contributed by atoms with van der Waals surface area (Å²) in [6, 6.07) is 6.13. The average Bonchev–Trinajstić information content (AvgIpc) is 2.89. The van der Waals surface area contributed by atoms with Crippen LogP contribution in [-0.2, 0) is 13.4 Å². The van der Waals surface area contributed by atoms with Crippen molar-refractivity contribution in [2.24, 2.45) is 12.9 Å². The van der Waals surface area contributed by atoms with Crippen LogP contribution in [0, 0.1) is 5.92 Å². The van der Waals surface area contributed by atoms with Crippen LogP contribution in [-0.4, -0.2) is 40.8 Å². The maximum atomic E-state index is 9.55. The van der Waals surface area contributed by atoms with Crippen molar-refractivity contribution in [3.05, 3.63) is 41.6 Å². The lowest BCUT2D eigenvalue weighted by Crippen LogP contribution is -2.43. The molecule has 0 amide bonds. The molecule has 1 aliphatic carbocycles. The summed E-state index contributed by atoms with van der Waals surface area (Å²) in [6.45, 7) is -1.20. The fourth-order valence-electron chi connectivity index (χ4n) is 3.77. The van der Waals surface area contributed by atoms with Gasteiger partial charge in [0, 0.05) is 46.7 Å². The number of aromatic nitrogens is 1. The van der Waals surface area contributed by atoms with E-state index < -0.39 is 6.98 Å². The highest BCUT2D eigenvalue weighted by atomic mass is 16.3. The summed E-state index contributed by atoms with van der Waals surface area (Å²) >= 11 is 0. The van der Waals surface area contributed by atoms with Crippen LogP contribution < -0.4 is 0 Å². The maximum absolute atomic E-state index is 9.55. The summed E-state index contributed by atoms with van der Waals surface area (Å²) in [6.07, 6.45) is 4.79. The molecule has 2 aromatic rings. The Morgan fingerprint density at radius 3 is 3.15 bits per heavy atom. The number of rotatable bonds is 1. The van der Waals surface area contributed by atoms with Crippen LogP contribution in [0.5, 0.6) is 0 Å². The lowest BCUT2D eigenvalue weighted by atomic mass is 9.80. The third kappa shape index (κ3) is 1.54. The quantitative estimate of drug-likeness (QED) is 0.860. The first-order valence-electron chi connectivity index (χ1n) is 8.56. The highest BCUT2D eigenvalue weighted by molar-refractivity contribution is 5.98. The second-order valence-electron chi connectivity index (χ2n) is 5.95. The fraction of sp³-hybridized carbons (Fsp3) is 0.412. The molecule has 1 aliphatic heterocycles. The van der Waals surface area contributed by atoms with Crippen LogP contribution in [0.4, 0.5) is 0 Å². The van der Waals surface area contributed by atoms with Crippen LogP contribution in [0.3, 0.4) is 0 Å². The van der Waals surface area contributed by atoms with Crippen LogP contribution in [0.1, 0.15) is 15.2 Å². The zero-order valence-corrected chi connectivity index (χ0v) is 11.5. The van der Waals surface area contributed by atoms with E-state index in [1.54, 1.807) is 6.20 Å². The molecule has 2 aliphatic rings. The minimum Gasteiger partial charge on any atom is -0.396 e. The summed E-state index contributed by atoms with van der Waals surface area (Å²) in [5.41, 5.74) is 4.20. The van der Waals surface area contributed by atoms with Gasteiger partial charge in [-0.3, -0.25) is 4.90 Å². The molecule has 3 nitrogen and oxygen atoms in total. The number of hydrogen-bond donors (Lipinski definition) is 1. The van der Waals surface area contributed by atoms with E-state index in [0.717, 1.165) is 35.0 Å². The average molecular weight is 271 g/mol. The Balaban J connectivity index is 1.98. The monoisotopic (exact) mass is 271 g/mol. The van der Waals surface area contributed by atoms with Crippen LogP contribution in [0.15, 0.2) is 30.5 Å². The molecule has 0 unspecified atom stereocenters. The number of likely N-dealkylation sites (N-methyl/N-ethyl adjacent to an activating group) is 1. The SMILES string of the molecule is [2H]C([2H])([2H])n1cc2c3c(cccc31)C1=C[C@@H](CO)CN(C)[C@@H]1C2. The molecule has 1 aromatic carbocycles. The lowest BCUT2D eigenvalue weighted by molar-refractivity contribution is 0.181. The molecule has 0 bridgehead atoms. The topological polar surface area (TPSA) is 28.4 Å². The second-order valence-corrected chi connectivity index (χ2v) is 5.95. The molecule has 2 atom stereocenters. The molecule has 2 heterocycles. The van der Waals surface area contributed by atoms with Crippen molar-refractivity contribution in [3.63, 3.8) is 0 Å². The molecule has 1 N–H and O–H groups in total. The molecule has 4 rings (SSSR count). The fourth-order valence-corrected chi connectivity index (χ4v) is 3.77. The first-order valence-corrected chi connectivity index (χ1v) is 7.06. The standard InChI is InChI=1S/C17H20N2O/c1-18-8-11(10-20)6-14-13-4-3-5-15-17(13)12(7-16(14)18)9-19(15)2/h3-6,9,11,16,20H,7-8,10H2,1-2H3/t11-,16-/m1/s1/i2D3. The highest BCUT2D eigenvalue weighted by Gasteiger charge is 2.33. The molecule has 0 radical (unpaired) electrons. The van der Waals surface area contributed by atoms with Gasteiger partial charge in [0.25, 0.3) is 0 Å². The predicted octanol–water partition coefficient (Wildman–Crippen LogP) is 2.04. The van der Waals surface area contributed by atoms with Gasteiger partial charge >= 0.3 is 0 Å². The van der Waals surface area contributed by atoms with E-state index in [1.165, 1.54) is 10.1 Å². The van der Waals surface area contributed by atoms with Gasteiger partial charge in [-0.15, -0.1) is 0 Å². The Kier molecular flexibility index (Phi) is 1.97. The van der Waals surface area contributed by atoms with Gasteiger partial charge in [0.15, 0.2) is 0 Å². The van der Waals surface area contributed by atoms with Crippen molar-refractivity contribution < 1.29 is 9.22 Å². The van der Waals surface area contributed by atoms with Crippen molar-refractivity contribution in [2.75, 3.05) is 20.2 Å². The molecule has 20 heavy (non-hydrogen) atoms. The molecule has 104 valence electrons. The van der Waals surface area contributed by atoms with Gasteiger partial charge in [0.1, 0.15) is 0 Å². The van der Waals surface area contributed by atoms with Gasteiger partial charge in [0.05, 0.1) is 6.61 Å². The zero-order valence-electron chi connectivity index (χ0n) is 14.5. The molecular weight excluding hydrogens is 248 g/mol. The number of aliphatic hydroxyl groups is 1. The van der Waals surface area contributed by atoms with Crippen molar-refractivity contribution in [3.8, 4) is 0 Å². The summed E-state index contributed by atoms with van der Waals surface area (Å²) in [7, 11) is 2.08. The summed E-state index contributed by atoms with van der Waals surface area (Å²) in [4.78, 5) is 2.27. The Bertz CT molecular complexity index is 806. The Morgan fingerprint density at radius 2 is 2.35 bits per heavy atom. The molecule has 1 aromatic heterocycles.